The van der Waals surface area contributed by atoms with Gasteiger partial charge in [0.15, 0.2) is 11.5 Å². The van der Waals surface area contributed by atoms with E-state index in [4.69, 9.17) is 15.2 Å². The summed E-state index contributed by atoms with van der Waals surface area (Å²) in [6.45, 7) is 1.39. The smallest absolute Gasteiger partial charge is 0.251 e. The maximum atomic E-state index is 12.2. The van der Waals surface area contributed by atoms with E-state index in [0.717, 1.165) is 6.42 Å². The minimum atomic E-state index is -0.0846. The van der Waals surface area contributed by atoms with Crippen molar-refractivity contribution >= 4 is 5.91 Å². The number of hydrogen-bond acceptors (Lipinski definition) is 4. The molecule has 0 radical (unpaired) electrons. The molecule has 1 fully saturated rings. The fourth-order valence-corrected chi connectivity index (χ4v) is 3.00. The number of benzene rings is 1. The van der Waals surface area contributed by atoms with Crippen molar-refractivity contribution in [2.24, 2.45) is 17.6 Å². The first-order chi connectivity index (χ1) is 10.2. The molecule has 1 amide bonds. The molecule has 1 aromatic carbocycles. The second-order valence-corrected chi connectivity index (χ2v) is 5.47. The predicted molar refractivity (Wildman–Crippen MR) is 81.8 cm³/mol. The minimum absolute atomic E-state index is 0.0846. The fourth-order valence-electron chi connectivity index (χ4n) is 3.00. The zero-order valence-corrected chi connectivity index (χ0v) is 12.7. The van der Waals surface area contributed by atoms with E-state index in [1.54, 1.807) is 32.4 Å². The van der Waals surface area contributed by atoms with Gasteiger partial charge in [0.2, 0.25) is 0 Å². The number of methoxy groups -OCH3 is 2. The van der Waals surface area contributed by atoms with Gasteiger partial charge >= 0.3 is 0 Å². The van der Waals surface area contributed by atoms with Gasteiger partial charge in [-0.3, -0.25) is 4.79 Å². The van der Waals surface area contributed by atoms with Crippen LogP contribution in [0.2, 0.25) is 0 Å². The molecule has 1 aliphatic carbocycles. The summed E-state index contributed by atoms with van der Waals surface area (Å²) in [6.07, 6.45) is 3.53. The van der Waals surface area contributed by atoms with Crippen molar-refractivity contribution in [3.05, 3.63) is 23.8 Å². The van der Waals surface area contributed by atoms with Crippen molar-refractivity contribution in [2.45, 2.75) is 19.3 Å². The van der Waals surface area contributed by atoms with E-state index in [0.29, 0.717) is 42.0 Å². The molecule has 0 aromatic heterocycles. The summed E-state index contributed by atoms with van der Waals surface area (Å²) >= 11 is 0. The third-order valence-electron chi connectivity index (χ3n) is 4.29. The number of carbonyl (C=O) groups is 1. The summed E-state index contributed by atoms with van der Waals surface area (Å²) in [7, 11) is 3.13. The van der Waals surface area contributed by atoms with Gasteiger partial charge in [0.25, 0.3) is 5.91 Å². The Morgan fingerprint density at radius 2 is 1.95 bits per heavy atom. The van der Waals surface area contributed by atoms with E-state index in [1.807, 2.05) is 0 Å². The Labute approximate surface area is 125 Å². The molecule has 5 heteroatoms. The molecule has 5 nitrogen and oxygen atoms in total. The first-order valence-electron chi connectivity index (χ1n) is 7.40. The zero-order valence-electron chi connectivity index (χ0n) is 12.7. The number of carbonyl (C=O) groups excluding carboxylic acids is 1. The van der Waals surface area contributed by atoms with Crippen LogP contribution in [-0.4, -0.2) is 33.2 Å². The summed E-state index contributed by atoms with van der Waals surface area (Å²) in [4.78, 5) is 12.2. The number of nitrogens with two attached hydrogens (primary N) is 1. The number of nitrogens with one attached hydrogen (secondary N) is 1. The molecular formula is C16H24N2O3. The van der Waals surface area contributed by atoms with Gasteiger partial charge < -0.3 is 20.5 Å². The number of ether oxygens (including phenoxy) is 2. The van der Waals surface area contributed by atoms with Crippen LogP contribution < -0.4 is 20.5 Å². The van der Waals surface area contributed by atoms with E-state index in [1.165, 1.54) is 12.8 Å². The van der Waals surface area contributed by atoms with Crippen molar-refractivity contribution < 1.29 is 14.3 Å². The predicted octanol–water partition coefficient (Wildman–Crippen LogP) is 1.81. The standard InChI is InChI=1S/C16H24N2O3/c1-20-14-7-6-11(8-15(14)21-2)16(19)18-10-13-5-3-4-12(13)9-17/h6-8,12-13H,3-5,9-10,17H2,1-2H3,(H,18,19). The average molecular weight is 292 g/mol. The van der Waals surface area contributed by atoms with Gasteiger partial charge in [-0.1, -0.05) is 6.42 Å². The van der Waals surface area contributed by atoms with Crippen LogP contribution >= 0.6 is 0 Å². The van der Waals surface area contributed by atoms with Gasteiger partial charge in [-0.05, 0) is 49.4 Å². The summed E-state index contributed by atoms with van der Waals surface area (Å²) in [6, 6.07) is 5.18. The molecule has 3 N–H and O–H groups in total. The molecule has 0 heterocycles. The van der Waals surface area contributed by atoms with Crippen molar-refractivity contribution in [1.29, 1.82) is 0 Å². The second-order valence-electron chi connectivity index (χ2n) is 5.47. The van der Waals surface area contributed by atoms with Gasteiger partial charge in [0.1, 0.15) is 0 Å². The van der Waals surface area contributed by atoms with Crippen LogP contribution in [0.1, 0.15) is 29.6 Å². The van der Waals surface area contributed by atoms with Gasteiger partial charge in [-0.2, -0.15) is 0 Å². The van der Waals surface area contributed by atoms with Gasteiger partial charge in [0.05, 0.1) is 14.2 Å². The summed E-state index contributed by atoms with van der Waals surface area (Å²) in [5.41, 5.74) is 6.35. The number of hydrogen-bond donors (Lipinski definition) is 2. The second kappa shape index (κ2) is 7.31. The topological polar surface area (TPSA) is 73.6 Å². The van der Waals surface area contributed by atoms with Crippen LogP contribution in [0.3, 0.4) is 0 Å². The van der Waals surface area contributed by atoms with Crippen LogP contribution in [0.25, 0.3) is 0 Å². The molecule has 2 atom stereocenters. The molecule has 116 valence electrons. The Morgan fingerprint density at radius 3 is 2.62 bits per heavy atom. The summed E-state index contributed by atoms with van der Waals surface area (Å²) in [5, 5.41) is 3.00. The minimum Gasteiger partial charge on any atom is -0.493 e. The molecule has 0 saturated heterocycles. The van der Waals surface area contributed by atoms with Gasteiger partial charge in [0, 0.05) is 12.1 Å². The van der Waals surface area contributed by atoms with E-state index in [-0.39, 0.29) is 5.91 Å². The molecule has 1 aliphatic rings. The third kappa shape index (κ3) is 3.67. The highest BCUT2D eigenvalue weighted by molar-refractivity contribution is 5.94. The highest BCUT2D eigenvalue weighted by Gasteiger charge is 2.26. The lowest BCUT2D eigenvalue weighted by Crippen LogP contribution is -2.32. The van der Waals surface area contributed by atoms with Crippen LogP contribution in [0, 0.1) is 11.8 Å². The maximum absolute atomic E-state index is 12.2. The molecule has 1 saturated carbocycles. The quantitative estimate of drug-likeness (QED) is 0.838. The molecule has 0 aliphatic heterocycles. The molecule has 2 unspecified atom stereocenters. The normalized spacial score (nSPS) is 21.1. The Bertz CT molecular complexity index is 490. The lowest BCUT2D eigenvalue weighted by Gasteiger charge is -2.18. The van der Waals surface area contributed by atoms with E-state index in [2.05, 4.69) is 5.32 Å². The highest BCUT2D eigenvalue weighted by Crippen LogP contribution is 2.30. The first kappa shape index (κ1) is 15.6. The Hall–Kier alpha value is -1.75. The van der Waals surface area contributed by atoms with Crippen molar-refractivity contribution in [2.75, 3.05) is 27.3 Å². The van der Waals surface area contributed by atoms with Crippen LogP contribution in [-0.2, 0) is 0 Å². The molecule has 21 heavy (non-hydrogen) atoms. The third-order valence-corrected chi connectivity index (χ3v) is 4.29. The van der Waals surface area contributed by atoms with E-state index >= 15 is 0 Å². The fraction of sp³-hybridized carbons (Fsp3) is 0.562. The molecule has 1 aromatic rings. The highest BCUT2D eigenvalue weighted by atomic mass is 16.5. The van der Waals surface area contributed by atoms with Crippen LogP contribution in [0.15, 0.2) is 18.2 Å². The Morgan fingerprint density at radius 1 is 1.24 bits per heavy atom. The van der Waals surface area contributed by atoms with E-state index in [9.17, 15) is 4.79 Å². The van der Waals surface area contributed by atoms with Crippen molar-refractivity contribution in [1.82, 2.24) is 5.32 Å². The molecule has 2 rings (SSSR count). The van der Waals surface area contributed by atoms with Crippen molar-refractivity contribution in [3.63, 3.8) is 0 Å². The molecule has 0 spiro atoms. The van der Waals surface area contributed by atoms with Gasteiger partial charge in [-0.15, -0.1) is 0 Å². The van der Waals surface area contributed by atoms with Crippen LogP contribution in [0.4, 0.5) is 0 Å². The Kier molecular flexibility index (Phi) is 5.44. The number of amides is 1. The molecular weight excluding hydrogens is 268 g/mol. The average Bonchev–Trinajstić information content (AvgIpc) is 2.99. The van der Waals surface area contributed by atoms with E-state index < -0.39 is 0 Å². The number of rotatable bonds is 6. The lowest BCUT2D eigenvalue weighted by atomic mass is 9.96. The summed E-state index contributed by atoms with van der Waals surface area (Å²) in [5.74, 6) is 2.13. The van der Waals surface area contributed by atoms with Gasteiger partial charge in [-0.25, -0.2) is 0 Å². The summed E-state index contributed by atoms with van der Waals surface area (Å²) < 4.78 is 10.4. The van der Waals surface area contributed by atoms with Crippen LogP contribution in [0.5, 0.6) is 11.5 Å². The van der Waals surface area contributed by atoms with Crippen molar-refractivity contribution in [3.8, 4) is 11.5 Å². The lowest BCUT2D eigenvalue weighted by molar-refractivity contribution is 0.0943. The Balaban J connectivity index is 1.97. The monoisotopic (exact) mass is 292 g/mol. The largest absolute Gasteiger partial charge is 0.493 e. The maximum Gasteiger partial charge on any atom is 0.251 e. The first-order valence-corrected chi connectivity index (χ1v) is 7.40. The SMILES string of the molecule is COc1ccc(C(=O)NCC2CCCC2CN)cc1OC. The molecule has 0 bridgehead atoms. The zero-order chi connectivity index (χ0) is 15.2.